The van der Waals surface area contributed by atoms with Crippen LogP contribution >= 0.6 is 0 Å². The van der Waals surface area contributed by atoms with Crippen LogP contribution in [0.1, 0.15) is 25.7 Å². The Labute approximate surface area is 59.0 Å². The molecule has 1 fully saturated rings. The number of nitro groups is 1. The van der Waals surface area contributed by atoms with Crippen LogP contribution < -0.4 is 0 Å². The van der Waals surface area contributed by atoms with Crippen molar-refractivity contribution in [3.63, 3.8) is 0 Å². The summed E-state index contributed by atoms with van der Waals surface area (Å²) in [6, 6.07) is -0.497. The molecule has 4 heteroatoms. The van der Waals surface area contributed by atoms with E-state index in [1.807, 2.05) is 0 Å². The Morgan fingerprint density at radius 2 is 2.20 bits per heavy atom. The van der Waals surface area contributed by atoms with Gasteiger partial charge in [-0.25, -0.2) is 0 Å². The smallest absolute Gasteiger partial charge is 0.215 e. The van der Waals surface area contributed by atoms with Gasteiger partial charge in [0.15, 0.2) is 0 Å². The van der Waals surface area contributed by atoms with Crippen LogP contribution in [0.5, 0.6) is 0 Å². The van der Waals surface area contributed by atoms with E-state index in [0.717, 1.165) is 12.8 Å². The molecule has 0 bridgehead atoms. The molecule has 1 saturated carbocycles. The van der Waals surface area contributed by atoms with E-state index in [9.17, 15) is 10.1 Å². The van der Waals surface area contributed by atoms with Crippen LogP contribution in [0, 0.1) is 10.1 Å². The van der Waals surface area contributed by atoms with Gasteiger partial charge in [-0.05, 0) is 12.8 Å². The third kappa shape index (κ3) is 1.67. The largest absolute Gasteiger partial charge is 0.393 e. The van der Waals surface area contributed by atoms with Crippen LogP contribution in [-0.2, 0) is 0 Å². The molecule has 0 aliphatic heterocycles. The molecule has 2 unspecified atom stereocenters. The molecule has 0 aromatic heterocycles. The predicted octanol–water partition coefficient (Wildman–Crippen LogP) is 0.567. The van der Waals surface area contributed by atoms with Gasteiger partial charge in [-0.2, -0.15) is 0 Å². The van der Waals surface area contributed by atoms with Crippen molar-refractivity contribution in [1.29, 1.82) is 0 Å². The maximum absolute atomic E-state index is 10.2. The van der Waals surface area contributed by atoms with Crippen molar-refractivity contribution in [1.82, 2.24) is 0 Å². The van der Waals surface area contributed by atoms with Gasteiger partial charge < -0.3 is 5.11 Å². The Morgan fingerprint density at radius 3 is 2.60 bits per heavy atom. The highest BCUT2D eigenvalue weighted by atomic mass is 16.6. The zero-order valence-electron chi connectivity index (χ0n) is 5.69. The van der Waals surface area contributed by atoms with Crippen molar-refractivity contribution in [2.75, 3.05) is 0 Å². The Balaban J connectivity index is 2.39. The van der Waals surface area contributed by atoms with Gasteiger partial charge in [0.1, 0.15) is 0 Å². The van der Waals surface area contributed by atoms with Crippen LogP contribution in [0.3, 0.4) is 0 Å². The molecule has 58 valence electrons. The summed E-state index contributed by atoms with van der Waals surface area (Å²) in [6.07, 6.45) is 2.04. The number of nitrogens with zero attached hydrogens (tertiary/aromatic N) is 1. The summed E-state index contributed by atoms with van der Waals surface area (Å²) in [6.45, 7) is 0. The number of hydrogen-bond acceptors (Lipinski definition) is 3. The third-order valence-electron chi connectivity index (χ3n) is 1.92. The molecular weight excluding hydrogens is 134 g/mol. The molecule has 1 rings (SSSR count). The first-order chi connectivity index (χ1) is 4.70. The SMILES string of the molecule is O=[N+]([O-])C1CCCC(O)C1. The number of aliphatic hydroxyl groups is 1. The quantitative estimate of drug-likeness (QED) is 0.433. The summed E-state index contributed by atoms with van der Waals surface area (Å²) in [7, 11) is 0. The molecule has 0 heterocycles. The van der Waals surface area contributed by atoms with E-state index < -0.39 is 12.1 Å². The molecule has 1 N–H and O–H groups in total. The van der Waals surface area contributed by atoms with Crippen molar-refractivity contribution < 1.29 is 10.0 Å². The van der Waals surface area contributed by atoms with Crippen molar-refractivity contribution >= 4 is 0 Å². The highest BCUT2D eigenvalue weighted by Crippen LogP contribution is 2.19. The van der Waals surface area contributed by atoms with Gasteiger partial charge in [0.05, 0.1) is 6.10 Å². The highest BCUT2D eigenvalue weighted by molar-refractivity contribution is 4.70. The number of hydrogen-bond donors (Lipinski definition) is 1. The van der Waals surface area contributed by atoms with Crippen molar-refractivity contribution in [2.24, 2.45) is 0 Å². The molecule has 0 spiro atoms. The van der Waals surface area contributed by atoms with Gasteiger partial charge in [0.2, 0.25) is 6.04 Å². The number of rotatable bonds is 1. The van der Waals surface area contributed by atoms with E-state index in [-0.39, 0.29) is 4.92 Å². The Hall–Kier alpha value is -0.640. The first-order valence-corrected chi connectivity index (χ1v) is 3.51. The van der Waals surface area contributed by atoms with Gasteiger partial charge in [-0.15, -0.1) is 0 Å². The van der Waals surface area contributed by atoms with Gasteiger partial charge >= 0.3 is 0 Å². The molecule has 0 aromatic carbocycles. The summed E-state index contributed by atoms with van der Waals surface area (Å²) in [4.78, 5) is 9.91. The van der Waals surface area contributed by atoms with E-state index in [1.165, 1.54) is 0 Å². The minimum Gasteiger partial charge on any atom is -0.393 e. The summed E-state index contributed by atoms with van der Waals surface area (Å²) >= 11 is 0. The third-order valence-corrected chi connectivity index (χ3v) is 1.92. The van der Waals surface area contributed by atoms with Gasteiger partial charge in [0.25, 0.3) is 0 Å². The standard InChI is InChI=1S/C6H11NO3/c8-6-3-1-2-5(4-6)7(9)10/h5-6,8H,1-4H2. The molecule has 0 amide bonds. The van der Waals surface area contributed by atoms with E-state index in [0.29, 0.717) is 12.8 Å². The summed E-state index contributed by atoms with van der Waals surface area (Å²) in [5, 5.41) is 19.2. The lowest BCUT2D eigenvalue weighted by Gasteiger charge is -2.19. The predicted molar refractivity (Wildman–Crippen MR) is 35.3 cm³/mol. The Bertz CT molecular complexity index is 137. The zero-order chi connectivity index (χ0) is 7.56. The zero-order valence-corrected chi connectivity index (χ0v) is 5.69. The Kier molecular flexibility index (Phi) is 2.21. The van der Waals surface area contributed by atoms with Crippen LogP contribution in [0.15, 0.2) is 0 Å². The topological polar surface area (TPSA) is 63.4 Å². The first kappa shape index (κ1) is 7.47. The summed E-state index contributed by atoms with van der Waals surface area (Å²) in [5.74, 6) is 0. The Morgan fingerprint density at radius 1 is 1.50 bits per heavy atom. The fraction of sp³-hybridized carbons (Fsp3) is 1.00. The fourth-order valence-electron chi connectivity index (χ4n) is 1.33. The van der Waals surface area contributed by atoms with Gasteiger partial charge in [-0.1, -0.05) is 0 Å². The molecule has 0 radical (unpaired) electrons. The highest BCUT2D eigenvalue weighted by Gasteiger charge is 2.27. The molecule has 0 aromatic rings. The fourth-order valence-corrected chi connectivity index (χ4v) is 1.33. The normalized spacial score (nSPS) is 33.7. The summed E-state index contributed by atoms with van der Waals surface area (Å²) in [5.41, 5.74) is 0. The van der Waals surface area contributed by atoms with Crippen LogP contribution in [0.2, 0.25) is 0 Å². The number of aliphatic hydroxyl groups excluding tert-OH is 1. The molecular formula is C6H11NO3. The van der Waals surface area contributed by atoms with E-state index in [4.69, 9.17) is 5.11 Å². The van der Waals surface area contributed by atoms with Gasteiger partial charge in [0, 0.05) is 17.8 Å². The molecule has 1 aliphatic carbocycles. The second-order valence-corrected chi connectivity index (χ2v) is 2.76. The maximum Gasteiger partial charge on any atom is 0.215 e. The molecule has 2 atom stereocenters. The maximum atomic E-state index is 10.2. The van der Waals surface area contributed by atoms with E-state index in [2.05, 4.69) is 0 Å². The van der Waals surface area contributed by atoms with E-state index >= 15 is 0 Å². The second-order valence-electron chi connectivity index (χ2n) is 2.76. The lowest BCUT2D eigenvalue weighted by molar-refractivity contribution is -0.528. The van der Waals surface area contributed by atoms with E-state index in [1.54, 1.807) is 0 Å². The molecule has 4 nitrogen and oxygen atoms in total. The summed E-state index contributed by atoms with van der Waals surface area (Å²) < 4.78 is 0. The van der Waals surface area contributed by atoms with Crippen molar-refractivity contribution in [2.45, 2.75) is 37.8 Å². The molecule has 10 heavy (non-hydrogen) atoms. The molecule has 1 aliphatic rings. The average molecular weight is 145 g/mol. The minimum absolute atomic E-state index is 0.289. The lowest BCUT2D eigenvalue weighted by Crippen LogP contribution is -2.29. The minimum atomic E-state index is -0.497. The first-order valence-electron chi connectivity index (χ1n) is 3.51. The van der Waals surface area contributed by atoms with Crippen LogP contribution in [0.25, 0.3) is 0 Å². The molecule has 0 saturated heterocycles. The van der Waals surface area contributed by atoms with Crippen molar-refractivity contribution in [3.05, 3.63) is 10.1 Å². The van der Waals surface area contributed by atoms with Crippen molar-refractivity contribution in [3.8, 4) is 0 Å². The lowest BCUT2D eigenvalue weighted by atomic mass is 9.94. The van der Waals surface area contributed by atoms with Crippen LogP contribution in [-0.4, -0.2) is 22.2 Å². The average Bonchev–Trinajstić information content (AvgIpc) is 1.88. The second kappa shape index (κ2) is 2.96. The van der Waals surface area contributed by atoms with Gasteiger partial charge in [-0.3, -0.25) is 10.1 Å². The van der Waals surface area contributed by atoms with Crippen LogP contribution in [0.4, 0.5) is 0 Å². The monoisotopic (exact) mass is 145 g/mol.